The molecule has 0 radical (unpaired) electrons. The molecule has 2 rings (SSSR count). The fourth-order valence-corrected chi connectivity index (χ4v) is 2.76. The topological polar surface area (TPSA) is 81.1 Å². The number of methoxy groups -OCH3 is 1. The van der Waals surface area contributed by atoms with Gasteiger partial charge in [0.1, 0.15) is 11.5 Å². The third-order valence-electron chi connectivity index (χ3n) is 4.16. The van der Waals surface area contributed by atoms with Crippen LogP contribution in [0.2, 0.25) is 0 Å². The first-order valence-corrected chi connectivity index (χ1v) is 9.41. The van der Waals surface area contributed by atoms with Crippen molar-refractivity contribution in [1.82, 2.24) is 5.32 Å². The molecule has 1 unspecified atom stereocenters. The minimum Gasteiger partial charge on any atom is -0.497 e. The zero-order valence-corrected chi connectivity index (χ0v) is 16.9. The lowest BCUT2D eigenvalue weighted by molar-refractivity contribution is -0.862. The molecule has 162 valence electrons. The summed E-state index contributed by atoms with van der Waals surface area (Å²) in [5.74, 6) is 0.346. The molecule has 3 N–H and O–H groups in total. The molecule has 0 saturated carbocycles. The average molecular weight is 422 g/mol. The second kappa shape index (κ2) is 11.7. The molecule has 0 heterocycles. The number of carbonyl (C=O) groups is 2. The summed E-state index contributed by atoms with van der Waals surface area (Å²) < 4.78 is 33.7. The Labute approximate surface area is 174 Å². The molecule has 2 aromatic carbocycles. The van der Waals surface area contributed by atoms with E-state index in [1.54, 1.807) is 50.6 Å². The smallest absolute Gasteiger partial charge is 0.387 e. The van der Waals surface area contributed by atoms with Gasteiger partial charge in [-0.05, 0) is 36.2 Å². The normalized spacial score (nSPS) is 11.6. The van der Waals surface area contributed by atoms with E-state index in [1.165, 1.54) is 12.1 Å². The molecule has 0 saturated heterocycles. The molecular weight excluding hydrogens is 396 g/mol. The number of quaternary nitrogens is 1. The molecule has 0 fully saturated rings. The first-order valence-electron chi connectivity index (χ1n) is 9.41. The summed E-state index contributed by atoms with van der Waals surface area (Å²) in [7, 11) is 3.31. The second-order valence-electron chi connectivity index (χ2n) is 6.71. The summed E-state index contributed by atoms with van der Waals surface area (Å²) in [6.07, 6.45) is 0.552. The summed E-state index contributed by atoms with van der Waals surface area (Å²) >= 11 is 0. The van der Waals surface area contributed by atoms with Crippen LogP contribution >= 0.6 is 0 Å². The molecule has 0 bridgehead atoms. The fraction of sp³-hybridized carbons (Fsp3) is 0.333. The molecule has 0 aliphatic heterocycles. The van der Waals surface area contributed by atoms with E-state index in [0.29, 0.717) is 24.4 Å². The van der Waals surface area contributed by atoms with E-state index in [1.807, 2.05) is 0 Å². The van der Waals surface area contributed by atoms with Crippen molar-refractivity contribution in [2.45, 2.75) is 13.0 Å². The molecule has 0 aliphatic rings. The van der Waals surface area contributed by atoms with Gasteiger partial charge in [-0.3, -0.25) is 9.59 Å². The van der Waals surface area contributed by atoms with E-state index >= 15 is 0 Å². The van der Waals surface area contributed by atoms with Gasteiger partial charge in [0.15, 0.2) is 13.1 Å². The van der Waals surface area contributed by atoms with Gasteiger partial charge in [-0.15, -0.1) is 0 Å². The van der Waals surface area contributed by atoms with E-state index in [2.05, 4.69) is 15.4 Å². The fourth-order valence-electron chi connectivity index (χ4n) is 2.76. The molecule has 0 spiro atoms. The minimum atomic E-state index is -2.85. The van der Waals surface area contributed by atoms with Crippen molar-refractivity contribution >= 4 is 17.5 Å². The molecular formula is C21H26F2N3O4+. The molecule has 9 heteroatoms. The highest BCUT2D eigenvalue weighted by atomic mass is 19.3. The van der Waals surface area contributed by atoms with Crippen LogP contribution in [0.3, 0.4) is 0 Å². The second-order valence-corrected chi connectivity index (χ2v) is 6.71. The Morgan fingerprint density at radius 1 is 1.03 bits per heavy atom. The van der Waals surface area contributed by atoms with Crippen LogP contribution in [0.25, 0.3) is 0 Å². The highest BCUT2D eigenvalue weighted by molar-refractivity contribution is 5.91. The lowest BCUT2D eigenvalue weighted by Crippen LogP contribution is -3.11. The third-order valence-corrected chi connectivity index (χ3v) is 4.16. The van der Waals surface area contributed by atoms with Gasteiger partial charge in [-0.25, -0.2) is 0 Å². The van der Waals surface area contributed by atoms with Gasteiger partial charge in [-0.2, -0.15) is 8.78 Å². The zero-order valence-electron chi connectivity index (χ0n) is 16.9. The SMILES string of the molecule is COc1cccc(NC(=O)C[NH+](C)CC(=O)NCCc2ccc(OC(F)F)cc2)c1. The first kappa shape index (κ1) is 23.1. The summed E-state index contributed by atoms with van der Waals surface area (Å²) in [6, 6.07) is 13.3. The molecule has 7 nitrogen and oxygen atoms in total. The molecule has 0 aromatic heterocycles. The molecule has 30 heavy (non-hydrogen) atoms. The summed E-state index contributed by atoms with van der Waals surface area (Å²) in [5, 5.41) is 5.56. The number of carbonyl (C=O) groups excluding carboxylic acids is 2. The number of nitrogens with one attached hydrogen (secondary N) is 3. The van der Waals surface area contributed by atoms with Crippen LogP contribution in [0.15, 0.2) is 48.5 Å². The number of alkyl halides is 2. The van der Waals surface area contributed by atoms with Crippen LogP contribution in [-0.2, 0) is 16.0 Å². The Bertz CT molecular complexity index is 831. The van der Waals surface area contributed by atoms with Crippen LogP contribution in [0.1, 0.15) is 5.56 Å². The van der Waals surface area contributed by atoms with Crippen LogP contribution in [-0.4, -0.2) is 52.2 Å². The maximum Gasteiger partial charge on any atom is 0.387 e. The van der Waals surface area contributed by atoms with Crippen molar-refractivity contribution in [2.24, 2.45) is 0 Å². The van der Waals surface area contributed by atoms with E-state index in [4.69, 9.17) is 4.74 Å². The van der Waals surface area contributed by atoms with Crippen molar-refractivity contribution in [3.63, 3.8) is 0 Å². The molecule has 2 aromatic rings. The lowest BCUT2D eigenvalue weighted by Gasteiger charge is -2.14. The van der Waals surface area contributed by atoms with Gasteiger partial charge in [-0.1, -0.05) is 18.2 Å². The standard InChI is InChI=1S/C21H25F2N3O4/c1-26(14-20(28)25-16-4-3-5-18(12-16)29-2)13-19(27)24-11-10-15-6-8-17(9-7-15)30-21(22)23/h3-9,12,21H,10-11,13-14H2,1-2H3,(H,24,27)(H,25,28)/p+1. The van der Waals surface area contributed by atoms with Crippen molar-refractivity contribution in [3.05, 3.63) is 54.1 Å². The largest absolute Gasteiger partial charge is 0.497 e. The number of halogens is 2. The van der Waals surface area contributed by atoms with E-state index < -0.39 is 6.61 Å². The number of rotatable bonds is 11. The van der Waals surface area contributed by atoms with Gasteiger partial charge >= 0.3 is 6.61 Å². The number of hydrogen-bond acceptors (Lipinski definition) is 4. The Balaban J connectivity index is 1.68. The molecule has 1 atom stereocenters. The predicted octanol–water partition coefficient (Wildman–Crippen LogP) is 1.11. The maximum atomic E-state index is 12.1. The maximum absolute atomic E-state index is 12.1. The monoisotopic (exact) mass is 422 g/mol. The Morgan fingerprint density at radius 2 is 1.73 bits per heavy atom. The Morgan fingerprint density at radius 3 is 2.40 bits per heavy atom. The van der Waals surface area contributed by atoms with Gasteiger partial charge in [0.05, 0.1) is 14.2 Å². The van der Waals surface area contributed by atoms with Crippen LogP contribution in [0.5, 0.6) is 11.5 Å². The van der Waals surface area contributed by atoms with Crippen molar-refractivity contribution < 1.29 is 32.7 Å². The summed E-state index contributed by atoms with van der Waals surface area (Å²) in [5.41, 5.74) is 1.51. The van der Waals surface area contributed by atoms with Crippen molar-refractivity contribution in [3.8, 4) is 11.5 Å². The quantitative estimate of drug-likeness (QED) is 0.507. The number of benzene rings is 2. The molecule has 2 amide bonds. The Hall–Kier alpha value is -3.20. The summed E-state index contributed by atoms with van der Waals surface area (Å²) in [6.45, 7) is -2.17. The number of hydrogen-bond donors (Lipinski definition) is 3. The highest BCUT2D eigenvalue weighted by Gasteiger charge is 2.14. The van der Waals surface area contributed by atoms with Gasteiger partial charge in [0, 0.05) is 18.3 Å². The van der Waals surface area contributed by atoms with Crippen LogP contribution in [0, 0.1) is 0 Å². The highest BCUT2D eigenvalue weighted by Crippen LogP contribution is 2.16. The van der Waals surface area contributed by atoms with Gasteiger partial charge in [0.2, 0.25) is 0 Å². The van der Waals surface area contributed by atoms with E-state index in [-0.39, 0.29) is 30.7 Å². The van der Waals surface area contributed by atoms with Crippen LogP contribution < -0.4 is 25.0 Å². The van der Waals surface area contributed by atoms with Gasteiger partial charge < -0.3 is 25.0 Å². The van der Waals surface area contributed by atoms with Crippen molar-refractivity contribution in [1.29, 1.82) is 0 Å². The number of amides is 2. The third kappa shape index (κ3) is 8.44. The van der Waals surface area contributed by atoms with Crippen molar-refractivity contribution in [2.75, 3.05) is 39.1 Å². The number of anilines is 1. The average Bonchev–Trinajstić information content (AvgIpc) is 2.68. The van der Waals surface area contributed by atoms with E-state index in [9.17, 15) is 18.4 Å². The number of likely N-dealkylation sites (N-methyl/N-ethyl adjacent to an activating group) is 1. The zero-order chi connectivity index (χ0) is 21.9. The van der Waals surface area contributed by atoms with Crippen LogP contribution in [0.4, 0.5) is 14.5 Å². The predicted molar refractivity (Wildman–Crippen MR) is 108 cm³/mol. The first-order chi connectivity index (χ1) is 14.4. The summed E-state index contributed by atoms with van der Waals surface area (Å²) in [4.78, 5) is 24.9. The number of ether oxygens (including phenoxy) is 2. The van der Waals surface area contributed by atoms with E-state index in [0.717, 1.165) is 10.5 Å². The Kier molecular flexibility index (Phi) is 9.02. The lowest BCUT2D eigenvalue weighted by atomic mass is 10.1. The van der Waals surface area contributed by atoms with Gasteiger partial charge in [0.25, 0.3) is 11.8 Å². The molecule has 0 aliphatic carbocycles. The minimum absolute atomic E-state index is 0.0928.